The van der Waals surface area contributed by atoms with E-state index in [2.05, 4.69) is 41.2 Å². The van der Waals surface area contributed by atoms with Crippen LogP contribution in [0.3, 0.4) is 0 Å². The average molecular weight is 619 g/mol. The van der Waals surface area contributed by atoms with Gasteiger partial charge in [-0.2, -0.15) is 0 Å². The molecule has 1 aromatic rings. The van der Waals surface area contributed by atoms with Crippen LogP contribution in [0.1, 0.15) is 116 Å². The fraction of sp³-hybridized carbons (Fsp3) is 0.718. The molecule has 6 rings (SSSR count). The number of carboxylic acids is 1. The van der Waals surface area contributed by atoms with Crippen LogP contribution in [-0.2, 0) is 19.1 Å². The predicted octanol–water partition coefficient (Wildman–Crippen LogP) is 8.50. The molecule has 0 aromatic heterocycles. The molecule has 0 saturated heterocycles. The molecule has 5 aliphatic carbocycles. The van der Waals surface area contributed by atoms with Crippen molar-refractivity contribution in [1.29, 1.82) is 0 Å². The van der Waals surface area contributed by atoms with Crippen molar-refractivity contribution in [3.8, 4) is 0 Å². The van der Waals surface area contributed by atoms with E-state index in [9.17, 15) is 19.5 Å². The Bertz CT molecular complexity index is 1370. The Balaban J connectivity index is 1.43. The molecule has 0 radical (unpaired) electrons. The van der Waals surface area contributed by atoms with Crippen molar-refractivity contribution in [2.24, 2.45) is 56.7 Å². The molecule has 0 spiro atoms. The Morgan fingerprint density at radius 3 is 2.22 bits per heavy atom. The maximum Gasteiger partial charge on any atom is 0.338 e. The quantitative estimate of drug-likeness (QED) is 0.254. The topological polar surface area (TPSA) is 89.9 Å². The second-order valence-electron chi connectivity index (χ2n) is 16.8. The molecule has 45 heavy (non-hydrogen) atoms. The molecule has 6 nitrogen and oxygen atoms in total. The largest absolute Gasteiger partial charge is 0.481 e. The number of ether oxygens (including phenoxy) is 2. The third-order valence-electron chi connectivity index (χ3n) is 14.9. The minimum absolute atomic E-state index is 0.00359. The van der Waals surface area contributed by atoms with Crippen molar-refractivity contribution in [3.05, 3.63) is 48.0 Å². The highest BCUT2D eigenvalue weighted by molar-refractivity contribution is 5.89. The molecule has 1 N–H and O–H groups in total. The smallest absolute Gasteiger partial charge is 0.338 e. The van der Waals surface area contributed by atoms with Crippen LogP contribution >= 0.6 is 0 Å². The zero-order valence-corrected chi connectivity index (χ0v) is 28.3. The highest BCUT2D eigenvalue weighted by Gasteiger charge is 2.73. The van der Waals surface area contributed by atoms with Gasteiger partial charge in [-0.25, -0.2) is 4.79 Å². The number of carbonyl (C=O) groups is 3. The molecule has 5 fully saturated rings. The molecule has 6 heteroatoms. The van der Waals surface area contributed by atoms with Crippen molar-refractivity contribution in [2.45, 2.75) is 112 Å². The van der Waals surface area contributed by atoms with Crippen molar-refractivity contribution < 1.29 is 29.0 Å². The number of carbonyl (C=O) groups excluding carboxylic acids is 2. The second kappa shape index (κ2) is 11.0. The lowest BCUT2D eigenvalue weighted by Crippen LogP contribution is -2.69. The van der Waals surface area contributed by atoms with Crippen LogP contribution in [-0.4, -0.2) is 35.7 Å². The molecule has 0 heterocycles. The fourth-order valence-electron chi connectivity index (χ4n) is 12.9. The lowest BCUT2D eigenvalue weighted by Gasteiger charge is -2.73. The van der Waals surface area contributed by atoms with Crippen LogP contribution in [0, 0.1) is 56.7 Å². The van der Waals surface area contributed by atoms with Gasteiger partial charge in [0.2, 0.25) is 0 Å². The summed E-state index contributed by atoms with van der Waals surface area (Å²) < 4.78 is 12.3. The van der Waals surface area contributed by atoms with Gasteiger partial charge in [-0.15, -0.1) is 0 Å². The van der Waals surface area contributed by atoms with Gasteiger partial charge in [0, 0.05) is 17.8 Å². The van der Waals surface area contributed by atoms with Gasteiger partial charge in [0.25, 0.3) is 0 Å². The second-order valence-corrected chi connectivity index (χ2v) is 16.8. The first-order valence-electron chi connectivity index (χ1n) is 17.4. The fourth-order valence-corrected chi connectivity index (χ4v) is 12.9. The molecule has 5 saturated carbocycles. The summed E-state index contributed by atoms with van der Waals surface area (Å²) in [5.41, 5.74) is 0.344. The number of fused-ring (bicyclic) bond motifs is 7. The third kappa shape index (κ3) is 4.58. The van der Waals surface area contributed by atoms with Gasteiger partial charge in [-0.1, -0.05) is 58.0 Å². The number of esters is 2. The molecule has 0 aliphatic heterocycles. The third-order valence-corrected chi connectivity index (χ3v) is 14.9. The molecule has 0 bridgehead atoms. The highest BCUT2D eigenvalue weighted by Crippen LogP contribution is 2.77. The zero-order chi connectivity index (χ0) is 32.6. The number of carboxylic acid groups (broad SMARTS) is 1. The Hall–Kier alpha value is -2.63. The van der Waals surface area contributed by atoms with E-state index in [0.29, 0.717) is 36.8 Å². The molecule has 1 aromatic carbocycles. The van der Waals surface area contributed by atoms with Gasteiger partial charge in [0.05, 0.1) is 17.6 Å². The van der Waals surface area contributed by atoms with Crippen LogP contribution in [0.4, 0.5) is 0 Å². The van der Waals surface area contributed by atoms with Crippen molar-refractivity contribution >= 4 is 17.9 Å². The van der Waals surface area contributed by atoms with Gasteiger partial charge < -0.3 is 14.6 Å². The van der Waals surface area contributed by atoms with Crippen LogP contribution in [0.2, 0.25) is 0 Å². The van der Waals surface area contributed by atoms with Crippen molar-refractivity contribution in [3.63, 3.8) is 0 Å². The van der Waals surface area contributed by atoms with Gasteiger partial charge in [-0.05, 0) is 124 Å². The minimum atomic E-state index is -0.740. The number of aliphatic carboxylic acids is 1. The number of rotatable bonds is 6. The first-order valence-corrected chi connectivity index (χ1v) is 17.4. The Kier molecular flexibility index (Phi) is 7.88. The van der Waals surface area contributed by atoms with E-state index in [1.165, 1.54) is 6.92 Å². The summed E-state index contributed by atoms with van der Waals surface area (Å²) in [7, 11) is 0. The SMILES string of the molecule is C=C(C)C1CC[C@]2(C(=O)O)CC[C@]3(COC(=O)c4ccccc4)C(CCC4[C@@]5(C)CCC(OC(C)=O)C(C)(C)C5CC[C@]43C)C12. The Morgan fingerprint density at radius 1 is 0.867 bits per heavy atom. The zero-order valence-electron chi connectivity index (χ0n) is 28.3. The summed E-state index contributed by atoms with van der Waals surface area (Å²) in [4.78, 5) is 38.8. The molecule has 0 amide bonds. The van der Waals surface area contributed by atoms with Crippen LogP contribution in [0.15, 0.2) is 42.5 Å². The van der Waals surface area contributed by atoms with E-state index in [-0.39, 0.29) is 57.5 Å². The predicted molar refractivity (Wildman–Crippen MR) is 173 cm³/mol. The lowest BCUT2D eigenvalue weighted by atomic mass is 9.32. The number of allylic oxidation sites excluding steroid dienone is 1. The van der Waals surface area contributed by atoms with E-state index in [0.717, 1.165) is 56.9 Å². The highest BCUT2D eigenvalue weighted by atomic mass is 16.5. The molecular formula is C39H54O6. The first kappa shape index (κ1) is 32.3. The van der Waals surface area contributed by atoms with Crippen molar-refractivity contribution in [1.82, 2.24) is 0 Å². The van der Waals surface area contributed by atoms with E-state index in [1.807, 2.05) is 30.3 Å². The molecule has 6 unspecified atom stereocenters. The molecule has 5 aliphatic rings. The van der Waals surface area contributed by atoms with Crippen LogP contribution in [0.5, 0.6) is 0 Å². The summed E-state index contributed by atoms with van der Waals surface area (Å²) >= 11 is 0. The van der Waals surface area contributed by atoms with E-state index >= 15 is 0 Å². The maximum atomic E-state index is 13.5. The van der Waals surface area contributed by atoms with Crippen LogP contribution < -0.4 is 0 Å². The Morgan fingerprint density at radius 2 is 1.58 bits per heavy atom. The summed E-state index contributed by atoms with van der Waals surface area (Å²) in [6.45, 7) is 17.9. The van der Waals surface area contributed by atoms with Gasteiger partial charge in [0.1, 0.15) is 6.10 Å². The van der Waals surface area contributed by atoms with Gasteiger partial charge >= 0.3 is 17.9 Å². The summed E-state index contributed by atoms with van der Waals surface area (Å²) in [5.74, 6) is -0.0495. The minimum Gasteiger partial charge on any atom is -0.481 e. The summed E-state index contributed by atoms with van der Waals surface area (Å²) in [6, 6.07) is 9.25. The van der Waals surface area contributed by atoms with Gasteiger partial charge in [0.15, 0.2) is 0 Å². The average Bonchev–Trinajstić information content (AvgIpc) is 3.39. The number of hydrogen-bond donors (Lipinski definition) is 1. The first-order chi connectivity index (χ1) is 21.1. The Labute approximate surface area is 269 Å². The van der Waals surface area contributed by atoms with Gasteiger partial charge in [-0.3, -0.25) is 9.59 Å². The number of benzene rings is 1. The van der Waals surface area contributed by atoms with E-state index < -0.39 is 11.4 Å². The maximum absolute atomic E-state index is 13.5. The summed E-state index contributed by atoms with van der Waals surface area (Å²) in [6.07, 6.45) is 8.74. The van der Waals surface area contributed by atoms with E-state index in [1.54, 1.807) is 0 Å². The van der Waals surface area contributed by atoms with Crippen molar-refractivity contribution in [2.75, 3.05) is 6.61 Å². The van der Waals surface area contributed by atoms with E-state index in [4.69, 9.17) is 9.47 Å². The molecular weight excluding hydrogens is 564 g/mol. The standard InChI is InChI=1S/C39H54O6/c1-24(2)27-15-20-38(34(42)43)21-22-39(23-44-33(41)26-11-9-8-10-12-26)28(32(27)38)13-14-30-36(6)18-17-31(45-25(3)40)35(4,5)29(36)16-19-37(30,39)7/h8-12,27-32H,1,13-23H2,2-7H3,(H,42,43)/t27?,28?,29?,30?,31?,32?,36-,37+,38-,39-/m0/s1. The molecule has 10 atom stereocenters. The summed E-state index contributed by atoms with van der Waals surface area (Å²) in [5, 5.41) is 10.8. The normalized spacial score (nSPS) is 43.1. The lowest BCUT2D eigenvalue weighted by molar-refractivity contribution is -0.263. The number of hydrogen-bond acceptors (Lipinski definition) is 5. The monoisotopic (exact) mass is 618 g/mol. The molecule has 246 valence electrons. The van der Waals surface area contributed by atoms with Crippen LogP contribution in [0.25, 0.3) is 0 Å².